The SMILES string of the molecule is Cc1ccc(NC(=O)[C@@H]2CC(=O)N(c3ccc(OCc4ccccc4)cc3)C2)cc1C. The molecule has 5 nitrogen and oxygen atoms in total. The molecule has 0 saturated carbocycles. The van der Waals surface area contributed by atoms with Crippen LogP contribution in [0.5, 0.6) is 5.75 Å². The summed E-state index contributed by atoms with van der Waals surface area (Å²) in [5.74, 6) is 0.200. The zero-order chi connectivity index (χ0) is 21.8. The van der Waals surface area contributed by atoms with Crippen LogP contribution in [-0.2, 0) is 16.2 Å². The zero-order valence-corrected chi connectivity index (χ0v) is 17.8. The standard InChI is InChI=1S/C26H26N2O3/c1-18-8-9-22(14-19(18)2)27-26(30)21-15-25(29)28(16-21)23-10-12-24(13-11-23)31-17-20-6-4-3-5-7-20/h3-14,21H,15-17H2,1-2H3,(H,27,30)/t21-/m1/s1. The summed E-state index contributed by atoms with van der Waals surface area (Å²) in [7, 11) is 0. The molecule has 0 spiro atoms. The van der Waals surface area contributed by atoms with E-state index in [0.717, 1.165) is 28.3 Å². The lowest BCUT2D eigenvalue weighted by Gasteiger charge is -2.17. The quantitative estimate of drug-likeness (QED) is 0.626. The van der Waals surface area contributed by atoms with E-state index in [0.29, 0.717) is 13.2 Å². The van der Waals surface area contributed by atoms with Crippen molar-refractivity contribution in [1.29, 1.82) is 0 Å². The Balaban J connectivity index is 1.36. The van der Waals surface area contributed by atoms with Crippen molar-refractivity contribution in [3.05, 3.63) is 89.5 Å². The molecule has 1 saturated heterocycles. The molecule has 1 N–H and O–H groups in total. The first-order chi connectivity index (χ1) is 15.0. The van der Waals surface area contributed by atoms with Crippen molar-refractivity contribution in [1.82, 2.24) is 0 Å². The Morgan fingerprint density at radius 3 is 2.45 bits per heavy atom. The van der Waals surface area contributed by atoms with E-state index in [-0.39, 0.29) is 24.2 Å². The van der Waals surface area contributed by atoms with Crippen molar-refractivity contribution in [2.24, 2.45) is 5.92 Å². The molecule has 1 heterocycles. The summed E-state index contributed by atoms with van der Waals surface area (Å²) in [6.07, 6.45) is 0.211. The Morgan fingerprint density at radius 2 is 1.74 bits per heavy atom. The fraction of sp³-hybridized carbons (Fsp3) is 0.231. The maximum absolute atomic E-state index is 12.7. The van der Waals surface area contributed by atoms with Gasteiger partial charge in [-0.05, 0) is 66.9 Å². The summed E-state index contributed by atoms with van der Waals surface area (Å²) in [4.78, 5) is 26.9. The van der Waals surface area contributed by atoms with Gasteiger partial charge in [-0.2, -0.15) is 0 Å². The Labute approximate surface area is 182 Å². The molecular weight excluding hydrogens is 388 g/mol. The smallest absolute Gasteiger partial charge is 0.229 e. The third-order valence-corrected chi connectivity index (χ3v) is 5.67. The number of carbonyl (C=O) groups excluding carboxylic acids is 2. The molecule has 31 heavy (non-hydrogen) atoms. The molecular formula is C26H26N2O3. The van der Waals surface area contributed by atoms with Gasteiger partial charge < -0.3 is 15.0 Å². The minimum Gasteiger partial charge on any atom is -0.489 e. The first-order valence-electron chi connectivity index (χ1n) is 10.4. The van der Waals surface area contributed by atoms with E-state index in [1.807, 2.05) is 86.6 Å². The number of ether oxygens (including phenoxy) is 1. The van der Waals surface area contributed by atoms with Gasteiger partial charge in [-0.15, -0.1) is 0 Å². The van der Waals surface area contributed by atoms with E-state index in [4.69, 9.17) is 4.74 Å². The lowest BCUT2D eigenvalue weighted by Crippen LogP contribution is -2.28. The van der Waals surface area contributed by atoms with Gasteiger partial charge in [0.1, 0.15) is 12.4 Å². The van der Waals surface area contributed by atoms with Crippen molar-refractivity contribution in [2.75, 3.05) is 16.8 Å². The molecule has 1 fully saturated rings. The second kappa shape index (κ2) is 9.04. The van der Waals surface area contributed by atoms with Crippen LogP contribution in [-0.4, -0.2) is 18.4 Å². The predicted octanol–water partition coefficient (Wildman–Crippen LogP) is 4.87. The van der Waals surface area contributed by atoms with Crippen LogP contribution in [0.15, 0.2) is 72.8 Å². The number of carbonyl (C=O) groups is 2. The van der Waals surface area contributed by atoms with Crippen LogP contribution in [0.3, 0.4) is 0 Å². The predicted molar refractivity (Wildman–Crippen MR) is 122 cm³/mol. The van der Waals surface area contributed by atoms with Crippen molar-refractivity contribution >= 4 is 23.2 Å². The molecule has 0 bridgehead atoms. The highest BCUT2D eigenvalue weighted by Gasteiger charge is 2.35. The van der Waals surface area contributed by atoms with Crippen molar-refractivity contribution in [3.8, 4) is 5.75 Å². The second-order valence-electron chi connectivity index (χ2n) is 7.96. The number of rotatable bonds is 6. The summed E-state index contributed by atoms with van der Waals surface area (Å²) in [6, 6.07) is 23.2. The normalized spacial score (nSPS) is 15.7. The van der Waals surface area contributed by atoms with Gasteiger partial charge in [0.25, 0.3) is 0 Å². The van der Waals surface area contributed by atoms with Crippen LogP contribution in [0.2, 0.25) is 0 Å². The lowest BCUT2D eigenvalue weighted by atomic mass is 10.1. The summed E-state index contributed by atoms with van der Waals surface area (Å²) in [5.41, 5.74) is 4.93. The molecule has 0 radical (unpaired) electrons. The number of hydrogen-bond acceptors (Lipinski definition) is 3. The molecule has 1 aliphatic rings. The highest BCUT2D eigenvalue weighted by atomic mass is 16.5. The van der Waals surface area contributed by atoms with Crippen LogP contribution in [0.25, 0.3) is 0 Å². The minimum atomic E-state index is -0.372. The summed E-state index contributed by atoms with van der Waals surface area (Å²) >= 11 is 0. The van der Waals surface area contributed by atoms with E-state index in [1.54, 1.807) is 4.90 Å². The number of benzene rings is 3. The Kier molecular flexibility index (Phi) is 6.03. The topological polar surface area (TPSA) is 58.6 Å². The monoisotopic (exact) mass is 414 g/mol. The number of nitrogens with one attached hydrogen (secondary N) is 1. The Bertz CT molecular complexity index is 1080. The van der Waals surface area contributed by atoms with Crippen LogP contribution in [0, 0.1) is 19.8 Å². The zero-order valence-electron chi connectivity index (χ0n) is 17.8. The summed E-state index contributed by atoms with van der Waals surface area (Å²) < 4.78 is 5.81. The van der Waals surface area contributed by atoms with Gasteiger partial charge in [-0.1, -0.05) is 36.4 Å². The maximum atomic E-state index is 12.7. The highest BCUT2D eigenvalue weighted by molar-refractivity contribution is 6.03. The van der Waals surface area contributed by atoms with Crippen molar-refractivity contribution in [3.63, 3.8) is 0 Å². The molecule has 0 unspecified atom stereocenters. The van der Waals surface area contributed by atoms with Crippen molar-refractivity contribution in [2.45, 2.75) is 26.9 Å². The van der Waals surface area contributed by atoms with Gasteiger partial charge in [0.2, 0.25) is 11.8 Å². The largest absolute Gasteiger partial charge is 0.489 e. The fourth-order valence-electron chi connectivity index (χ4n) is 3.66. The highest BCUT2D eigenvalue weighted by Crippen LogP contribution is 2.28. The molecule has 4 rings (SSSR count). The number of nitrogens with zero attached hydrogens (tertiary/aromatic N) is 1. The van der Waals surface area contributed by atoms with E-state index >= 15 is 0 Å². The van der Waals surface area contributed by atoms with E-state index in [9.17, 15) is 9.59 Å². The Morgan fingerprint density at radius 1 is 1.00 bits per heavy atom. The number of anilines is 2. The lowest BCUT2D eigenvalue weighted by molar-refractivity contribution is -0.122. The molecule has 3 aromatic carbocycles. The first kappa shape index (κ1) is 20.7. The summed E-state index contributed by atoms with van der Waals surface area (Å²) in [5, 5.41) is 2.95. The van der Waals surface area contributed by atoms with E-state index in [1.165, 1.54) is 5.56 Å². The minimum absolute atomic E-state index is 0.0433. The molecule has 2 amide bonds. The number of amides is 2. The maximum Gasteiger partial charge on any atom is 0.229 e. The molecule has 5 heteroatoms. The average Bonchev–Trinajstić information content (AvgIpc) is 3.18. The Hall–Kier alpha value is -3.60. The molecule has 0 aliphatic carbocycles. The van der Waals surface area contributed by atoms with Gasteiger partial charge in [0, 0.05) is 24.3 Å². The first-order valence-corrected chi connectivity index (χ1v) is 10.4. The number of hydrogen-bond donors (Lipinski definition) is 1. The molecule has 1 aliphatic heterocycles. The van der Waals surface area contributed by atoms with E-state index < -0.39 is 0 Å². The van der Waals surface area contributed by atoms with Gasteiger partial charge in [0.15, 0.2) is 0 Å². The molecule has 3 aromatic rings. The van der Waals surface area contributed by atoms with Crippen molar-refractivity contribution < 1.29 is 14.3 Å². The van der Waals surface area contributed by atoms with Gasteiger partial charge in [0.05, 0.1) is 5.92 Å². The summed E-state index contributed by atoms with van der Waals surface area (Å²) in [6.45, 7) is 4.91. The van der Waals surface area contributed by atoms with Gasteiger partial charge in [-0.25, -0.2) is 0 Å². The fourth-order valence-corrected chi connectivity index (χ4v) is 3.66. The molecule has 158 valence electrons. The average molecular weight is 415 g/mol. The van der Waals surface area contributed by atoms with E-state index in [2.05, 4.69) is 5.32 Å². The number of aryl methyl sites for hydroxylation is 2. The molecule has 0 aromatic heterocycles. The van der Waals surface area contributed by atoms with Gasteiger partial charge >= 0.3 is 0 Å². The van der Waals surface area contributed by atoms with Crippen LogP contribution >= 0.6 is 0 Å². The van der Waals surface area contributed by atoms with Crippen LogP contribution in [0.4, 0.5) is 11.4 Å². The third-order valence-electron chi connectivity index (χ3n) is 5.67. The van der Waals surface area contributed by atoms with Gasteiger partial charge in [-0.3, -0.25) is 9.59 Å². The van der Waals surface area contributed by atoms with Crippen LogP contribution in [0.1, 0.15) is 23.1 Å². The third kappa shape index (κ3) is 4.94. The molecule has 1 atom stereocenters. The van der Waals surface area contributed by atoms with Crippen LogP contribution < -0.4 is 15.0 Å². The second-order valence-corrected chi connectivity index (χ2v) is 7.96.